The van der Waals surface area contributed by atoms with Crippen LogP contribution in [0.5, 0.6) is 5.75 Å². The second-order valence-electron chi connectivity index (χ2n) is 8.29. The number of ether oxygens (including phenoxy) is 1. The standard InChI is InChI=1S/C25H27N3O5.C2HF3O2/c1-33-20-14-16-28(22(17-9-4-2-5-10-17)18-11-6-3-7-12-18)24(30)21(20)23(29)27-19(25(31)32)13-8-15-26;3-2(4,5)1(6)7/h2-7,9-12,14,16,19,22H,8,13,15,26H2,1H3,(H,27,29)(H,31,32);(H,6,7)/t19-;/m0./s1. The maximum absolute atomic E-state index is 13.6. The van der Waals surface area contributed by atoms with Gasteiger partial charge in [-0.1, -0.05) is 60.7 Å². The molecule has 10 nitrogen and oxygen atoms in total. The zero-order chi connectivity index (χ0) is 29.9. The van der Waals surface area contributed by atoms with Crippen LogP contribution >= 0.6 is 0 Å². The SMILES string of the molecule is COc1ccn(C(c2ccccc2)c2ccccc2)c(=O)c1C(=O)N[C@@H](CCCN)C(=O)O.O=C(O)C(F)(F)F. The maximum Gasteiger partial charge on any atom is 0.490 e. The van der Waals surface area contributed by atoms with E-state index in [2.05, 4.69) is 5.32 Å². The van der Waals surface area contributed by atoms with E-state index < -0.39 is 41.7 Å². The molecule has 0 aliphatic carbocycles. The summed E-state index contributed by atoms with van der Waals surface area (Å²) in [5.41, 5.74) is 6.34. The molecule has 40 heavy (non-hydrogen) atoms. The van der Waals surface area contributed by atoms with Gasteiger partial charge in [-0.3, -0.25) is 9.59 Å². The van der Waals surface area contributed by atoms with E-state index in [0.717, 1.165) is 11.1 Å². The van der Waals surface area contributed by atoms with Crippen molar-refractivity contribution < 1.29 is 42.5 Å². The lowest BCUT2D eigenvalue weighted by molar-refractivity contribution is -0.192. The molecule has 0 aliphatic rings. The van der Waals surface area contributed by atoms with Crippen molar-refractivity contribution in [2.75, 3.05) is 13.7 Å². The van der Waals surface area contributed by atoms with Gasteiger partial charge in [-0.2, -0.15) is 13.2 Å². The molecule has 1 amide bonds. The van der Waals surface area contributed by atoms with Crippen molar-refractivity contribution in [2.24, 2.45) is 5.73 Å². The Morgan fingerprint density at radius 2 is 1.48 bits per heavy atom. The number of benzene rings is 2. The Morgan fingerprint density at radius 1 is 0.975 bits per heavy atom. The Morgan fingerprint density at radius 3 is 1.88 bits per heavy atom. The fraction of sp³-hybridized carbons (Fsp3) is 0.259. The van der Waals surface area contributed by atoms with E-state index in [0.29, 0.717) is 6.42 Å². The van der Waals surface area contributed by atoms with Crippen molar-refractivity contribution in [2.45, 2.75) is 31.1 Å². The predicted molar refractivity (Wildman–Crippen MR) is 138 cm³/mol. The molecule has 0 radical (unpaired) electrons. The zero-order valence-electron chi connectivity index (χ0n) is 21.3. The summed E-state index contributed by atoms with van der Waals surface area (Å²) in [6, 6.07) is 18.8. The molecule has 0 unspecified atom stereocenters. The summed E-state index contributed by atoms with van der Waals surface area (Å²) in [6.07, 6.45) is -2.94. The van der Waals surface area contributed by atoms with E-state index in [1.165, 1.54) is 17.7 Å². The second-order valence-corrected chi connectivity index (χ2v) is 8.29. The number of nitrogens with one attached hydrogen (secondary N) is 1. The van der Waals surface area contributed by atoms with Gasteiger partial charge in [-0.15, -0.1) is 0 Å². The molecule has 1 atom stereocenters. The number of rotatable bonds is 10. The maximum atomic E-state index is 13.6. The number of hydrogen-bond donors (Lipinski definition) is 4. The first-order valence-electron chi connectivity index (χ1n) is 11.8. The van der Waals surface area contributed by atoms with E-state index in [9.17, 15) is 32.7 Å². The summed E-state index contributed by atoms with van der Waals surface area (Å²) in [5.74, 6) is -4.70. The van der Waals surface area contributed by atoms with Crippen LogP contribution in [0.1, 0.15) is 40.4 Å². The highest BCUT2D eigenvalue weighted by molar-refractivity contribution is 5.98. The Balaban J connectivity index is 0.000000708. The lowest BCUT2D eigenvalue weighted by atomic mass is 9.98. The molecule has 2 aromatic carbocycles. The molecule has 0 aliphatic heterocycles. The van der Waals surface area contributed by atoms with Gasteiger partial charge in [0.05, 0.1) is 13.2 Å². The summed E-state index contributed by atoms with van der Waals surface area (Å²) < 4.78 is 38.5. The Labute approximate surface area is 226 Å². The Bertz CT molecular complexity index is 1310. The molecule has 0 bridgehead atoms. The minimum absolute atomic E-state index is 0.0663. The number of amides is 1. The summed E-state index contributed by atoms with van der Waals surface area (Å²) >= 11 is 0. The number of alkyl halides is 3. The first-order chi connectivity index (χ1) is 18.9. The first kappa shape index (κ1) is 31.6. The van der Waals surface area contributed by atoms with Gasteiger partial charge in [0.1, 0.15) is 17.4 Å². The molecule has 13 heteroatoms. The molecule has 1 aromatic heterocycles. The molecule has 3 aromatic rings. The Kier molecular flexibility index (Phi) is 11.4. The number of carbonyl (C=O) groups excluding carboxylic acids is 1. The fourth-order valence-corrected chi connectivity index (χ4v) is 3.71. The molecule has 5 N–H and O–H groups in total. The number of halogens is 3. The van der Waals surface area contributed by atoms with Crippen molar-refractivity contribution >= 4 is 17.8 Å². The number of pyridine rings is 1. The molecule has 3 rings (SSSR count). The Hall–Kier alpha value is -4.65. The van der Waals surface area contributed by atoms with Gasteiger partial charge in [0.2, 0.25) is 0 Å². The molecule has 0 fully saturated rings. The number of carboxylic acid groups (broad SMARTS) is 2. The average Bonchev–Trinajstić information content (AvgIpc) is 2.92. The van der Waals surface area contributed by atoms with Gasteiger partial charge in [-0.05, 0) is 36.6 Å². The van der Waals surface area contributed by atoms with E-state index >= 15 is 0 Å². The molecular formula is C27H28F3N3O7. The highest BCUT2D eigenvalue weighted by Crippen LogP contribution is 2.27. The van der Waals surface area contributed by atoms with Crippen molar-refractivity contribution in [3.63, 3.8) is 0 Å². The van der Waals surface area contributed by atoms with E-state index in [1.54, 1.807) is 6.20 Å². The second kappa shape index (κ2) is 14.5. The summed E-state index contributed by atoms with van der Waals surface area (Å²) in [7, 11) is 1.35. The van der Waals surface area contributed by atoms with Crippen LogP contribution in [0.2, 0.25) is 0 Å². The number of nitrogens with two attached hydrogens (primary N) is 1. The zero-order valence-corrected chi connectivity index (χ0v) is 21.3. The number of nitrogens with zero attached hydrogens (tertiary/aromatic N) is 1. The monoisotopic (exact) mass is 563 g/mol. The summed E-state index contributed by atoms with van der Waals surface area (Å²) in [6.45, 7) is 0.289. The van der Waals surface area contributed by atoms with Crippen LogP contribution in [0.25, 0.3) is 0 Å². The fourth-order valence-electron chi connectivity index (χ4n) is 3.71. The lowest BCUT2D eigenvalue weighted by Crippen LogP contribution is -2.44. The van der Waals surface area contributed by atoms with Crippen LogP contribution in [0, 0.1) is 0 Å². The number of carboxylic acids is 2. The highest BCUT2D eigenvalue weighted by atomic mass is 19.4. The molecule has 214 valence electrons. The third-order valence-electron chi connectivity index (χ3n) is 5.58. The van der Waals surface area contributed by atoms with Gasteiger partial charge >= 0.3 is 18.1 Å². The van der Waals surface area contributed by atoms with Crippen LogP contribution in [0.15, 0.2) is 77.7 Å². The van der Waals surface area contributed by atoms with Gasteiger partial charge < -0.3 is 30.6 Å². The molecule has 0 saturated carbocycles. The number of aliphatic carboxylic acids is 2. The van der Waals surface area contributed by atoms with Gasteiger partial charge in [0, 0.05) is 6.20 Å². The quantitative estimate of drug-likeness (QED) is 0.293. The van der Waals surface area contributed by atoms with E-state index in [1.807, 2.05) is 60.7 Å². The molecule has 0 spiro atoms. The first-order valence-corrected chi connectivity index (χ1v) is 11.8. The smallest absolute Gasteiger partial charge is 0.490 e. The number of aromatic nitrogens is 1. The largest absolute Gasteiger partial charge is 0.496 e. The van der Waals surface area contributed by atoms with Crippen LogP contribution in [0.3, 0.4) is 0 Å². The third kappa shape index (κ3) is 8.43. The summed E-state index contributed by atoms with van der Waals surface area (Å²) in [4.78, 5) is 47.2. The van der Waals surface area contributed by atoms with Gasteiger partial charge in [0.15, 0.2) is 0 Å². The minimum Gasteiger partial charge on any atom is -0.496 e. The van der Waals surface area contributed by atoms with E-state index in [-0.39, 0.29) is 24.3 Å². The van der Waals surface area contributed by atoms with Gasteiger partial charge in [0.25, 0.3) is 11.5 Å². The predicted octanol–water partition coefficient (Wildman–Crippen LogP) is 3.05. The number of hydrogen-bond acceptors (Lipinski definition) is 6. The van der Waals surface area contributed by atoms with Gasteiger partial charge in [-0.25, -0.2) is 9.59 Å². The normalized spacial score (nSPS) is 11.7. The average molecular weight is 564 g/mol. The highest BCUT2D eigenvalue weighted by Gasteiger charge is 2.38. The van der Waals surface area contributed by atoms with Crippen molar-refractivity contribution in [3.05, 3.63) is 100.0 Å². The number of methoxy groups -OCH3 is 1. The van der Waals surface area contributed by atoms with Crippen LogP contribution in [-0.4, -0.2) is 58.5 Å². The minimum atomic E-state index is -5.08. The third-order valence-corrected chi connectivity index (χ3v) is 5.58. The van der Waals surface area contributed by atoms with Crippen molar-refractivity contribution in [1.29, 1.82) is 0 Å². The van der Waals surface area contributed by atoms with Crippen molar-refractivity contribution in [3.8, 4) is 5.75 Å². The topological polar surface area (TPSA) is 161 Å². The molecule has 1 heterocycles. The molecular weight excluding hydrogens is 535 g/mol. The summed E-state index contributed by atoms with van der Waals surface area (Å²) in [5, 5.41) is 19.0. The lowest BCUT2D eigenvalue weighted by Gasteiger charge is -2.23. The van der Waals surface area contributed by atoms with E-state index in [4.69, 9.17) is 20.4 Å². The molecule has 0 saturated heterocycles. The number of carbonyl (C=O) groups is 3. The van der Waals surface area contributed by atoms with Crippen molar-refractivity contribution in [1.82, 2.24) is 9.88 Å². The van der Waals surface area contributed by atoms with Crippen LogP contribution in [0.4, 0.5) is 13.2 Å². The van der Waals surface area contributed by atoms with Crippen LogP contribution in [-0.2, 0) is 9.59 Å². The van der Waals surface area contributed by atoms with Crippen LogP contribution < -0.4 is 21.3 Å².